The third-order valence-electron chi connectivity index (χ3n) is 8.00. The van der Waals surface area contributed by atoms with Gasteiger partial charge in [0.05, 0.1) is 12.2 Å². The number of benzene rings is 2. The average Bonchev–Trinajstić information content (AvgIpc) is 2.93. The maximum absolute atomic E-state index is 12.6. The Kier molecular flexibility index (Phi) is 13.7. The molecule has 204 valence electrons. The number of unbranched alkanes of at least 4 members (excludes halogenated alkanes) is 6. The summed E-state index contributed by atoms with van der Waals surface area (Å²) in [6, 6.07) is 15.3. The predicted octanol–water partition coefficient (Wildman–Crippen LogP) is 9.96. The number of carbonyl (C=O) groups is 1. The molecule has 1 saturated carbocycles. The van der Waals surface area contributed by atoms with Crippen LogP contribution < -0.4 is 9.47 Å². The fourth-order valence-electron chi connectivity index (χ4n) is 5.56. The number of hydrogen-bond acceptors (Lipinski definition) is 3. The molecule has 2 aromatic rings. The number of carbonyl (C=O) groups excluding carboxylic acids is 1. The first-order chi connectivity index (χ1) is 18.2. The molecule has 1 fully saturated rings. The Morgan fingerprint density at radius 3 is 1.89 bits per heavy atom. The van der Waals surface area contributed by atoms with Gasteiger partial charge in [0, 0.05) is 0 Å². The summed E-state index contributed by atoms with van der Waals surface area (Å²) in [5.74, 6) is 2.94. The highest BCUT2D eigenvalue weighted by Gasteiger charge is 2.20. The zero-order valence-corrected chi connectivity index (χ0v) is 23.5. The Labute approximate surface area is 226 Å². The van der Waals surface area contributed by atoms with Gasteiger partial charge in [0.15, 0.2) is 0 Å². The molecule has 0 aliphatic heterocycles. The van der Waals surface area contributed by atoms with E-state index in [-0.39, 0.29) is 5.97 Å². The second-order valence-corrected chi connectivity index (χ2v) is 11.1. The maximum atomic E-state index is 12.6. The summed E-state index contributed by atoms with van der Waals surface area (Å²) < 4.78 is 11.5. The summed E-state index contributed by atoms with van der Waals surface area (Å²) in [7, 11) is 0. The summed E-state index contributed by atoms with van der Waals surface area (Å²) in [6.45, 7) is 5.27. The molecule has 37 heavy (non-hydrogen) atoms. The normalized spacial score (nSPS) is 17.5. The first-order valence-corrected chi connectivity index (χ1v) is 15.2. The molecule has 0 N–H and O–H groups in total. The topological polar surface area (TPSA) is 35.5 Å². The molecule has 1 aliphatic carbocycles. The van der Waals surface area contributed by atoms with Crippen LogP contribution in [0.5, 0.6) is 11.5 Å². The molecular formula is C34H50O3. The lowest BCUT2D eigenvalue weighted by molar-refractivity contribution is 0.0734. The lowest BCUT2D eigenvalue weighted by atomic mass is 9.78. The molecule has 3 rings (SSSR count). The van der Waals surface area contributed by atoms with Crippen molar-refractivity contribution in [3.8, 4) is 11.5 Å². The Hall–Kier alpha value is -2.29. The van der Waals surface area contributed by atoms with Crippen LogP contribution in [0, 0.1) is 11.8 Å². The highest BCUT2D eigenvalue weighted by Crippen LogP contribution is 2.34. The van der Waals surface area contributed by atoms with Crippen LogP contribution >= 0.6 is 0 Å². The van der Waals surface area contributed by atoms with Gasteiger partial charge >= 0.3 is 5.97 Å². The lowest BCUT2D eigenvalue weighted by Crippen LogP contribution is -2.15. The molecule has 0 spiro atoms. The van der Waals surface area contributed by atoms with E-state index in [1.165, 1.54) is 95.5 Å². The summed E-state index contributed by atoms with van der Waals surface area (Å²) >= 11 is 0. The van der Waals surface area contributed by atoms with Crippen LogP contribution in [0.2, 0.25) is 0 Å². The molecule has 2 aromatic carbocycles. The number of ether oxygens (including phenoxy) is 2. The van der Waals surface area contributed by atoms with Crippen LogP contribution in [0.25, 0.3) is 0 Å². The number of esters is 1. The zero-order valence-electron chi connectivity index (χ0n) is 23.5. The summed E-state index contributed by atoms with van der Waals surface area (Å²) in [5, 5.41) is 0. The maximum Gasteiger partial charge on any atom is 0.343 e. The first kappa shape index (κ1) is 29.3. The van der Waals surface area contributed by atoms with Gasteiger partial charge in [-0.2, -0.15) is 0 Å². The number of aryl methyl sites for hydroxylation is 1. The van der Waals surface area contributed by atoms with Crippen molar-refractivity contribution >= 4 is 5.97 Å². The van der Waals surface area contributed by atoms with Crippen molar-refractivity contribution in [2.24, 2.45) is 11.8 Å². The molecule has 0 aromatic heterocycles. The standard InChI is InChI=1S/C34H50O3/c1-3-5-7-8-10-13-29-19-23-33(24-20-29)37-34(35)31-21-25-32(26-22-31)36-27-11-14-30-17-15-28(16-18-30)12-9-6-4-2/h19-26,28,30H,3-18,27H2,1-2H3. The molecule has 0 radical (unpaired) electrons. The Bertz CT molecular complexity index is 863. The molecule has 1 aliphatic rings. The van der Waals surface area contributed by atoms with Crippen molar-refractivity contribution in [1.29, 1.82) is 0 Å². The second kappa shape index (κ2) is 17.3. The van der Waals surface area contributed by atoms with E-state index in [4.69, 9.17) is 9.47 Å². The monoisotopic (exact) mass is 506 g/mol. The molecule has 0 amide bonds. The highest BCUT2D eigenvalue weighted by atomic mass is 16.5. The van der Waals surface area contributed by atoms with Crippen molar-refractivity contribution < 1.29 is 14.3 Å². The van der Waals surface area contributed by atoms with E-state index in [1.807, 2.05) is 24.3 Å². The summed E-state index contributed by atoms with van der Waals surface area (Å²) in [6.07, 6.45) is 21.1. The van der Waals surface area contributed by atoms with Gasteiger partial charge in [-0.25, -0.2) is 4.79 Å². The van der Waals surface area contributed by atoms with E-state index in [0.717, 1.165) is 37.0 Å². The third kappa shape index (κ3) is 11.3. The molecule has 0 saturated heterocycles. The van der Waals surface area contributed by atoms with Gasteiger partial charge in [0.25, 0.3) is 0 Å². The second-order valence-electron chi connectivity index (χ2n) is 11.1. The van der Waals surface area contributed by atoms with E-state index in [2.05, 4.69) is 26.0 Å². The van der Waals surface area contributed by atoms with Gasteiger partial charge in [-0.1, -0.05) is 103 Å². The SMILES string of the molecule is CCCCCCCc1ccc(OC(=O)c2ccc(OCCCC3CCC(CCCCC)CC3)cc2)cc1. The lowest BCUT2D eigenvalue weighted by Gasteiger charge is -2.28. The molecule has 0 bridgehead atoms. The number of hydrogen-bond donors (Lipinski definition) is 0. The van der Waals surface area contributed by atoms with Crippen LogP contribution in [0.15, 0.2) is 48.5 Å². The fraction of sp³-hybridized carbons (Fsp3) is 0.618. The van der Waals surface area contributed by atoms with E-state index >= 15 is 0 Å². The molecule has 3 nitrogen and oxygen atoms in total. The van der Waals surface area contributed by atoms with Crippen molar-refractivity contribution in [3.63, 3.8) is 0 Å². The van der Waals surface area contributed by atoms with Gasteiger partial charge < -0.3 is 9.47 Å². The van der Waals surface area contributed by atoms with Gasteiger partial charge in [0.2, 0.25) is 0 Å². The minimum atomic E-state index is -0.329. The van der Waals surface area contributed by atoms with E-state index in [1.54, 1.807) is 12.1 Å². The van der Waals surface area contributed by atoms with Crippen LogP contribution in [-0.4, -0.2) is 12.6 Å². The largest absolute Gasteiger partial charge is 0.494 e. The van der Waals surface area contributed by atoms with E-state index in [0.29, 0.717) is 11.3 Å². The van der Waals surface area contributed by atoms with Gasteiger partial charge in [0.1, 0.15) is 11.5 Å². The van der Waals surface area contributed by atoms with Crippen LogP contribution in [0.3, 0.4) is 0 Å². The minimum absolute atomic E-state index is 0.329. The van der Waals surface area contributed by atoms with Gasteiger partial charge in [-0.3, -0.25) is 0 Å². The minimum Gasteiger partial charge on any atom is -0.494 e. The van der Waals surface area contributed by atoms with Crippen molar-refractivity contribution in [2.75, 3.05) is 6.61 Å². The molecule has 0 unspecified atom stereocenters. The Morgan fingerprint density at radius 2 is 1.24 bits per heavy atom. The van der Waals surface area contributed by atoms with Crippen LogP contribution in [-0.2, 0) is 6.42 Å². The number of rotatable bonds is 17. The van der Waals surface area contributed by atoms with Crippen molar-refractivity contribution in [3.05, 3.63) is 59.7 Å². The van der Waals surface area contributed by atoms with Crippen LogP contribution in [0.4, 0.5) is 0 Å². The molecular weight excluding hydrogens is 456 g/mol. The highest BCUT2D eigenvalue weighted by molar-refractivity contribution is 5.91. The first-order valence-electron chi connectivity index (χ1n) is 15.2. The molecule has 0 heterocycles. The van der Waals surface area contributed by atoms with Crippen molar-refractivity contribution in [2.45, 2.75) is 117 Å². The third-order valence-corrected chi connectivity index (χ3v) is 8.00. The molecule has 3 heteroatoms. The zero-order chi connectivity index (χ0) is 26.1. The molecule has 0 atom stereocenters. The van der Waals surface area contributed by atoms with Gasteiger partial charge in [-0.05, 0) is 79.5 Å². The fourth-order valence-corrected chi connectivity index (χ4v) is 5.56. The van der Waals surface area contributed by atoms with Crippen molar-refractivity contribution in [1.82, 2.24) is 0 Å². The Morgan fingerprint density at radius 1 is 0.676 bits per heavy atom. The summed E-state index contributed by atoms with van der Waals surface area (Å²) in [4.78, 5) is 12.6. The quantitative estimate of drug-likeness (QED) is 0.122. The smallest absolute Gasteiger partial charge is 0.343 e. The Balaban J connectivity index is 1.30. The van der Waals surface area contributed by atoms with Crippen LogP contribution in [0.1, 0.15) is 126 Å². The summed E-state index contributed by atoms with van der Waals surface area (Å²) in [5.41, 5.74) is 1.84. The predicted molar refractivity (Wildman–Crippen MR) is 155 cm³/mol. The van der Waals surface area contributed by atoms with E-state index in [9.17, 15) is 4.79 Å². The van der Waals surface area contributed by atoms with Gasteiger partial charge in [-0.15, -0.1) is 0 Å². The van der Waals surface area contributed by atoms with E-state index < -0.39 is 0 Å². The average molecular weight is 507 g/mol.